The molecule has 6 N–H and O–H groups in total. The fraction of sp³-hybridized carbons (Fsp3) is 0.381. The highest BCUT2D eigenvalue weighted by molar-refractivity contribution is 7.97. The predicted molar refractivity (Wildman–Crippen MR) is 127 cm³/mol. The summed E-state index contributed by atoms with van der Waals surface area (Å²) in [5, 5.41) is 12.3. The third kappa shape index (κ3) is 5.15. The standard InChI is InChI=1S/C21H23F3N6O2S2/c1-32-14-7-12(25)16(34-26)8-13(14)30-18-17-11-3-2-10(19(31)27-5-4-21(22,23)24)6-15(11)33-20(17)29-9-28-18/h7-10H,2-6,25-26H2,1H3,(H,27,31)(H,28,29,30). The van der Waals surface area contributed by atoms with Crippen LogP contribution in [0.5, 0.6) is 5.75 Å². The molecular weight excluding hydrogens is 489 g/mol. The van der Waals surface area contributed by atoms with E-state index in [9.17, 15) is 18.0 Å². The van der Waals surface area contributed by atoms with E-state index < -0.39 is 19.1 Å². The number of halogens is 3. The van der Waals surface area contributed by atoms with Crippen LogP contribution >= 0.6 is 23.3 Å². The number of methoxy groups -OCH3 is 1. The second-order valence-corrected chi connectivity index (χ2v) is 9.59. The number of aromatic nitrogens is 2. The Balaban J connectivity index is 1.58. The minimum atomic E-state index is -4.29. The normalized spacial score (nSPS) is 15.7. The number of carbonyl (C=O) groups is 1. The van der Waals surface area contributed by atoms with Crippen molar-refractivity contribution in [2.75, 3.05) is 24.7 Å². The number of aryl methyl sites for hydroxylation is 1. The van der Waals surface area contributed by atoms with Crippen LogP contribution in [-0.4, -0.2) is 35.7 Å². The number of rotatable bonds is 7. The Kier molecular flexibility index (Phi) is 7.05. The molecule has 13 heteroatoms. The second-order valence-electron chi connectivity index (χ2n) is 7.84. The highest BCUT2D eigenvalue weighted by Crippen LogP contribution is 2.42. The number of hydrogen-bond acceptors (Lipinski definition) is 9. The summed E-state index contributed by atoms with van der Waals surface area (Å²) in [5.41, 5.74) is 8.19. The Hall–Kier alpha value is -2.77. The maximum Gasteiger partial charge on any atom is 0.390 e. The van der Waals surface area contributed by atoms with E-state index in [4.69, 9.17) is 15.6 Å². The van der Waals surface area contributed by atoms with Gasteiger partial charge in [0.15, 0.2) is 0 Å². The van der Waals surface area contributed by atoms with Gasteiger partial charge in [-0.25, -0.2) is 9.97 Å². The molecule has 2 heterocycles. The van der Waals surface area contributed by atoms with Crippen molar-refractivity contribution in [2.45, 2.75) is 36.8 Å². The number of nitrogens with zero attached hydrogens (tertiary/aromatic N) is 2. The third-order valence-corrected chi connectivity index (χ3v) is 7.41. The lowest BCUT2D eigenvalue weighted by molar-refractivity contribution is -0.136. The van der Waals surface area contributed by atoms with Crippen molar-refractivity contribution in [3.05, 3.63) is 28.9 Å². The first-order chi connectivity index (χ1) is 16.2. The molecule has 182 valence electrons. The summed E-state index contributed by atoms with van der Waals surface area (Å²) in [6, 6.07) is 3.47. The third-order valence-electron chi connectivity index (χ3n) is 5.64. The molecule has 0 saturated heterocycles. The minimum absolute atomic E-state index is 0.352. The van der Waals surface area contributed by atoms with Crippen molar-refractivity contribution in [1.29, 1.82) is 0 Å². The van der Waals surface area contributed by atoms with E-state index in [1.807, 2.05) is 0 Å². The first-order valence-corrected chi connectivity index (χ1v) is 12.1. The van der Waals surface area contributed by atoms with Gasteiger partial charge in [0.25, 0.3) is 0 Å². The molecule has 0 spiro atoms. The molecule has 0 aliphatic heterocycles. The van der Waals surface area contributed by atoms with Crippen molar-refractivity contribution < 1.29 is 22.7 Å². The number of anilines is 3. The number of hydrogen-bond donors (Lipinski definition) is 4. The Bertz CT molecular complexity index is 1220. The number of amides is 1. The van der Waals surface area contributed by atoms with Crippen molar-refractivity contribution in [3.8, 4) is 5.75 Å². The van der Waals surface area contributed by atoms with E-state index >= 15 is 0 Å². The highest BCUT2D eigenvalue weighted by Gasteiger charge is 2.31. The highest BCUT2D eigenvalue weighted by atomic mass is 32.2. The zero-order valence-corrected chi connectivity index (χ0v) is 19.8. The monoisotopic (exact) mass is 512 g/mol. The number of carbonyl (C=O) groups excluding carboxylic acids is 1. The lowest BCUT2D eigenvalue weighted by Crippen LogP contribution is -2.35. The van der Waals surface area contributed by atoms with E-state index in [-0.39, 0.29) is 11.8 Å². The quantitative estimate of drug-likeness (QED) is 0.274. The summed E-state index contributed by atoms with van der Waals surface area (Å²) in [4.78, 5) is 23.7. The lowest BCUT2D eigenvalue weighted by atomic mass is 9.87. The maximum absolute atomic E-state index is 12.4. The molecule has 0 fully saturated rings. The summed E-state index contributed by atoms with van der Waals surface area (Å²) in [5.74, 6) is 0.392. The minimum Gasteiger partial charge on any atom is -0.494 e. The molecule has 2 aromatic heterocycles. The Morgan fingerprint density at radius 1 is 1.35 bits per heavy atom. The van der Waals surface area contributed by atoms with Gasteiger partial charge in [0.1, 0.15) is 22.7 Å². The van der Waals surface area contributed by atoms with Gasteiger partial charge in [0.05, 0.1) is 30.3 Å². The number of fused-ring (bicyclic) bond motifs is 3. The lowest BCUT2D eigenvalue weighted by Gasteiger charge is -2.22. The van der Waals surface area contributed by atoms with Gasteiger partial charge in [-0.05, 0) is 42.8 Å². The van der Waals surface area contributed by atoms with Gasteiger partial charge in [-0.15, -0.1) is 11.3 Å². The summed E-state index contributed by atoms with van der Waals surface area (Å²) in [6.07, 6.45) is -2.30. The van der Waals surface area contributed by atoms with Crippen LogP contribution in [0.25, 0.3) is 10.2 Å². The number of benzene rings is 1. The molecular formula is C21H23F3N6O2S2. The molecule has 0 saturated carbocycles. The Morgan fingerprint density at radius 3 is 2.85 bits per heavy atom. The van der Waals surface area contributed by atoms with Gasteiger partial charge in [-0.3, -0.25) is 9.93 Å². The van der Waals surface area contributed by atoms with Gasteiger partial charge < -0.3 is 21.1 Å². The molecule has 0 bridgehead atoms. The first-order valence-electron chi connectivity index (χ1n) is 10.4. The summed E-state index contributed by atoms with van der Waals surface area (Å²) < 4.78 is 42.6. The summed E-state index contributed by atoms with van der Waals surface area (Å²) in [7, 11) is 1.54. The van der Waals surface area contributed by atoms with E-state index in [0.717, 1.165) is 32.6 Å². The number of thiophene rings is 1. The fourth-order valence-corrected chi connectivity index (χ4v) is 5.62. The van der Waals surface area contributed by atoms with E-state index in [1.54, 1.807) is 12.1 Å². The number of ether oxygens (including phenoxy) is 1. The molecule has 8 nitrogen and oxygen atoms in total. The van der Waals surface area contributed by atoms with Gasteiger partial charge in [-0.1, -0.05) is 0 Å². The first kappa shape index (κ1) is 24.4. The van der Waals surface area contributed by atoms with Gasteiger partial charge in [0, 0.05) is 28.3 Å². The van der Waals surface area contributed by atoms with Crippen LogP contribution < -0.4 is 26.2 Å². The zero-order valence-electron chi connectivity index (χ0n) is 18.2. The molecule has 0 radical (unpaired) electrons. The van der Waals surface area contributed by atoms with Crippen molar-refractivity contribution in [3.63, 3.8) is 0 Å². The van der Waals surface area contributed by atoms with Gasteiger partial charge in [0.2, 0.25) is 5.91 Å². The van der Waals surface area contributed by atoms with Gasteiger partial charge >= 0.3 is 6.18 Å². The van der Waals surface area contributed by atoms with Crippen LogP contribution in [0.3, 0.4) is 0 Å². The fourth-order valence-electron chi connectivity index (χ4n) is 3.97. The second kappa shape index (κ2) is 9.84. The molecule has 1 aliphatic carbocycles. The van der Waals surface area contributed by atoms with Crippen LogP contribution in [0.4, 0.5) is 30.4 Å². The van der Waals surface area contributed by atoms with Crippen LogP contribution in [0.1, 0.15) is 23.3 Å². The molecule has 1 amide bonds. The van der Waals surface area contributed by atoms with Crippen molar-refractivity contribution >= 4 is 56.6 Å². The smallest absolute Gasteiger partial charge is 0.390 e. The molecule has 1 unspecified atom stereocenters. The molecule has 1 aliphatic rings. The number of nitrogens with two attached hydrogens (primary N) is 2. The van der Waals surface area contributed by atoms with Crippen molar-refractivity contribution in [1.82, 2.24) is 15.3 Å². The zero-order chi connectivity index (χ0) is 24.5. The van der Waals surface area contributed by atoms with E-state index in [0.29, 0.717) is 47.1 Å². The average Bonchev–Trinajstić information content (AvgIpc) is 3.17. The largest absolute Gasteiger partial charge is 0.494 e. The van der Waals surface area contributed by atoms with Gasteiger partial charge in [-0.2, -0.15) is 13.2 Å². The summed E-state index contributed by atoms with van der Waals surface area (Å²) >= 11 is 2.49. The van der Waals surface area contributed by atoms with E-state index in [1.165, 1.54) is 24.8 Å². The Morgan fingerprint density at radius 2 is 2.15 bits per heavy atom. The van der Waals surface area contributed by atoms with Crippen LogP contribution in [0, 0.1) is 5.92 Å². The molecule has 34 heavy (non-hydrogen) atoms. The SMILES string of the molecule is COc1cc(N)c(SN)cc1Nc1ncnc2sc3c(c12)CCC(C(=O)NCCC(F)(F)F)C3. The molecule has 3 aromatic rings. The summed E-state index contributed by atoms with van der Waals surface area (Å²) in [6.45, 7) is -0.413. The average molecular weight is 513 g/mol. The Labute approximate surface area is 201 Å². The maximum atomic E-state index is 12.4. The number of nitrogen functional groups attached to an aromatic ring is 1. The molecule has 1 atom stereocenters. The van der Waals surface area contributed by atoms with Crippen LogP contribution in [0.2, 0.25) is 0 Å². The number of nitrogens with one attached hydrogen (secondary N) is 2. The number of alkyl halides is 3. The van der Waals surface area contributed by atoms with Crippen LogP contribution in [0.15, 0.2) is 23.4 Å². The molecule has 4 rings (SSSR count). The topological polar surface area (TPSA) is 128 Å². The predicted octanol–water partition coefficient (Wildman–Crippen LogP) is 4.17. The molecule has 1 aromatic carbocycles. The van der Waals surface area contributed by atoms with Crippen molar-refractivity contribution in [2.24, 2.45) is 11.1 Å². The van der Waals surface area contributed by atoms with Crippen LogP contribution in [-0.2, 0) is 17.6 Å². The van der Waals surface area contributed by atoms with E-state index in [2.05, 4.69) is 20.6 Å².